The summed E-state index contributed by atoms with van der Waals surface area (Å²) in [5.41, 5.74) is 0.460. The SMILES string of the molecule is CC(C)OC(=O)Nc1cccc(OC(=O)N(CCCl)CCCl)c1. The number of hydrogen-bond acceptors (Lipinski definition) is 4. The quantitative estimate of drug-likeness (QED) is 0.746. The maximum atomic E-state index is 12.0. The molecule has 1 N–H and O–H groups in total. The fourth-order valence-corrected chi connectivity index (χ4v) is 2.07. The van der Waals surface area contributed by atoms with E-state index in [1.54, 1.807) is 32.0 Å². The number of amides is 2. The predicted octanol–water partition coefficient (Wildman–Crippen LogP) is 3.92. The maximum absolute atomic E-state index is 12.0. The fraction of sp³-hybridized carbons (Fsp3) is 0.467. The third kappa shape index (κ3) is 7.43. The lowest BCUT2D eigenvalue weighted by Crippen LogP contribution is -2.36. The number of alkyl halides is 2. The van der Waals surface area contributed by atoms with Crippen LogP contribution in [0.2, 0.25) is 0 Å². The molecule has 2 amide bonds. The maximum Gasteiger partial charge on any atom is 0.415 e. The van der Waals surface area contributed by atoms with Crippen LogP contribution in [0.5, 0.6) is 5.75 Å². The lowest BCUT2D eigenvalue weighted by Gasteiger charge is -2.19. The van der Waals surface area contributed by atoms with Crippen molar-refractivity contribution in [3.63, 3.8) is 0 Å². The Hall–Kier alpha value is -1.66. The van der Waals surface area contributed by atoms with Crippen LogP contribution in [0.3, 0.4) is 0 Å². The Balaban J connectivity index is 2.68. The van der Waals surface area contributed by atoms with Gasteiger partial charge in [0.05, 0.1) is 6.10 Å². The van der Waals surface area contributed by atoms with Gasteiger partial charge in [-0.2, -0.15) is 0 Å². The van der Waals surface area contributed by atoms with Gasteiger partial charge in [-0.25, -0.2) is 9.59 Å². The van der Waals surface area contributed by atoms with E-state index >= 15 is 0 Å². The second-order valence-corrected chi connectivity index (χ2v) is 5.60. The molecule has 0 aliphatic heterocycles. The molecule has 0 unspecified atom stereocenters. The van der Waals surface area contributed by atoms with Crippen LogP contribution in [-0.4, -0.2) is 48.0 Å². The van der Waals surface area contributed by atoms with Crippen molar-refractivity contribution in [1.29, 1.82) is 0 Å². The smallest absolute Gasteiger partial charge is 0.415 e. The minimum absolute atomic E-state index is 0.226. The molecule has 1 aromatic rings. The molecule has 0 atom stereocenters. The van der Waals surface area contributed by atoms with Gasteiger partial charge in [-0.1, -0.05) is 6.07 Å². The first-order valence-electron chi connectivity index (χ1n) is 7.12. The van der Waals surface area contributed by atoms with Crippen molar-refractivity contribution in [2.75, 3.05) is 30.2 Å². The largest absolute Gasteiger partial charge is 0.447 e. The number of benzene rings is 1. The second kappa shape index (κ2) is 10.2. The molecule has 1 aromatic carbocycles. The molecule has 6 nitrogen and oxygen atoms in total. The van der Waals surface area contributed by atoms with E-state index in [1.807, 2.05) is 0 Å². The van der Waals surface area contributed by atoms with Crippen molar-refractivity contribution in [3.8, 4) is 5.75 Å². The van der Waals surface area contributed by atoms with Gasteiger partial charge in [-0.15, -0.1) is 23.2 Å². The average Bonchev–Trinajstić information content (AvgIpc) is 2.46. The van der Waals surface area contributed by atoms with Gasteiger partial charge in [0.15, 0.2) is 0 Å². The topological polar surface area (TPSA) is 67.9 Å². The molecule has 0 saturated heterocycles. The number of hydrogen-bond donors (Lipinski definition) is 1. The van der Waals surface area contributed by atoms with E-state index in [9.17, 15) is 9.59 Å². The van der Waals surface area contributed by atoms with Gasteiger partial charge in [0.2, 0.25) is 0 Å². The molecule has 128 valence electrons. The Morgan fingerprint density at radius 2 is 1.87 bits per heavy atom. The molecule has 0 bridgehead atoms. The lowest BCUT2D eigenvalue weighted by molar-refractivity contribution is 0.130. The Kier molecular flexibility index (Phi) is 8.58. The fourth-order valence-electron chi connectivity index (χ4n) is 1.66. The summed E-state index contributed by atoms with van der Waals surface area (Å²) in [6.07, 6.45) is -1.35. The monoisotopic (exact) mass is 362 g/mol. The summed E-state index contributed by atoms with van der Waals surface area (Å²) in [7, 11) is 0. The highest BCUT2D eigenvalue weighted by Gasteiger charge is 2.15. The van der Waals surface area contributed by atoms with E-state index in [2.05, 4.69) is 5.32 Å². The number of nitrogens with zero attached hydrogens (tertiary/aromatic N) is 1. The van der Waals surface area contributed by atoms with E-state index in [0.29, 0.717) is 24.5 Å². The number of halogens is 2. The van der Waals surface area contributed by atoms with Gasteiger partial charge in [0.25, 0.3) is 0 Å². The van der Waals surface area contributed by atoms with Crippen molar-refractivity contribution in [1.82, 2.24) is 4.90 Å². The Bertz CT molecular complexity index is 520. The van der Waals surface area contributed by atoms with E-state index in [-0.39, 0.29) is 17.9 Å². The highest BCUT2D eigenvalue weighted by atomic mass is 35.5. The molecule has 1 rings (SSSR count). The molecule has 0 saturated carbocycles. The third-order valence-electron chi connectivity index (χ3n) is 2.60. The van der Waals surface area contributed by atoms with E-state index in [1.165, 1.54) is 11.0 Å². The van der Waals surface area contributed by atoms with Gasteiger partial charge in [-0.3, -0.25) is 5.32 Å². The molecule has 0 aliphatic rings. The van der Waals surface area contributed by atoms with Gasteiger partial charge < -0.3 is 14.4 Å². The van der Waals surface area contributed by atoms with Crippen LogP contribution in [0.25, 0.3) is 0 Å². The van der Waals surface area contributed by atoms with Gasteiger partial charge >= 0.3 is 12.2 Å². The molecule has 0 radical (unpaired) electrons. The molecule has 23 heavy (non-hydrogen) atoms. The minimum atomic E-state index is -0.575. The first-order chi connectivity index (χ1) is 11.0. The normalized spacial score (nSPS) is 10.3. The number of nitrogens with one attached hydrogen (secondary N) is 1. The van der Waals surface area contributed by atoms with Crippen molar-refractivity contribution in [3.05, 3.63) is 24.3 Å². The first kappa shape index (κ1) is 19.4. The molecular weight excluding hydrogens is 343 g/mol. The van der Waals surface area contributed by atoms with Crippen LogP contribution >= 0.6 is 23.2 Å². The van der Waals surface area contributed by atoms with Crippen LogP contribution in [0.1, 0.15) is 13.8 Å². The summed E-state index contributed by atoms with van der Waals surface area (Å²) >= 11 is 11.3. The molecular formula is C15H20Cl2N2O4. The standard InChI is InChI=1S/C15H20Cl2N2O4/c1-11(2)22-14(20)18-12-4-3-5-13(10-12)23-15(21)19(8-6-16)9-7-17/h3-5,10-11H,6-9H2,1-2H3,(H,18,20). The zero-order chi connectivity index (χ0) is 17.2. The van der Waals surface area contributed by atoms with Gasteiger partial charge in [0, 0.05) is 36.6 Å². The zero-order valence-electron chi connectivity index (χ0n) is 13.1. The Morgan fingerprint density at radius 1 is 1.22 bits per heavy atom. The van der Waals surface area contributed by atoms with Crippen molar-refractivity contribution in [2.24, 2.45) is 0 Å². The van der Waals surface area contributed by atoms with Crippen LogP contribution in [0.15, 0.2) is 24.3 Å². The zero-order valence-corrected chi connectivity index (χ0v) is 14.6. The number of carbonyl (C=O) groups excluding carboxylic acids is 2. The summed E-state index contributed by atoms with van der Waals surface area (Å²) < 4.78 is 10.2. The van der Waals surface area contributed by atoms with Gasteiger partial charge in [-0.05, 0) is 26.0 Å². The molecule has 0 aromatic heterocycles. The summed E-state index contributed by atoms with van der Waals surface area (Å²) in [6, 6.07) is 6.45. The van der Waals surface area contributed by atoms with Crippen LogP contribution < -0.4 is 10.1 Å². The van der Waals surface area contributed by atoms with Crippen LogP contribution in [0, 0.1) is 0 Å². The highest BCUT2D eigenvalue weighted by molar-refractivity contribution is 6.18. The van der Waals surface area contributed by atoms with Gasteiger partial charge in [0.1, 0.15) is 5.75 Å². The highest BCUT2D eigenvalue weighted by Crippen LogP contribution is 2.18. The van der Waals surface area contributed by atoms with Crippen molar-refractivity contribution < 1.29 is 19.1 Å². The number of rotatable bonds is 7. The number of anilines is 1. The average molecular weight is 363 g/mol. The van der Waals surface area contributed by atoms with Crippen LogP contribution in [-0.2, 0) is 4.74 Å². The molecule has 0 spiro atoms. The van der Waals surface area contributed by atoms with Crippen molar-refractivity contribution >= 4 is 41.1 Å². The van der Waals surface area contributed by atoms with E-state index in [4.69, 9.17) is 32.7 Å². The van der Waals surface area contributed by atoms with Crippen LogP contribution in [0.4, 0.5) is 15.3 Å². The lowest BCUT2D eigenvalue weighted by atomic mass is 10.3. The summed E-state index contributed by atoms with van der Waals surface area (Å²) in [5, 5.41) is 2.56. The minimum Gasteiger partial charge on any atom is -0.447 e. The third-order valence-corrected chi connectivity index (χ3v) is 2.93. The molecule has 8 heteroatoms. The van der Waals surface area contributed by atoms with Crippen molar-refractivity contribution in [2.45, 2.75) is 20.0 Å². The summed E-state index contributed by atoms with van der Waals surface area (Å²) in [4.78, 5) is 25.0. The second-order valence-electron chi connectivity index (χ2n) is 4.84. The van der Waals surface area contributed by atoms with E-state index < -0.39 is 12.2 Å². The predicted molar refractivity (Wildman–Crippen MR) is 90.7 cm³/mol. The first-order valence-corrected chi connectivity index (χ1v) is 8.19. The molecule has 0 fully saturated rings. The molecule has 0 aliphatic carbocycles. The Morgan fingerprint density at radius 3 is 2.43 bits per heavy atom. The summed E-state index contributed by atoms with van der Waals surface area (Å²) in [6.45, 7) is 4.18. The Labute approximate surface area is 145 Å². The number of carbonyl (C=O) groups is 2. The summed E-state index contributed by atoms with van der Waals surface area (Å²) in [5.74, 6) is 0.870. The molecule has 0 heterocycles. The number of ether oxygens (including phenoxy) is 2. The van der Waals surface area contributed by atoms with E-state index in [0.717, 1.165) is 0 Å².